The number of carbonyl (C=O) groups excluding carboxylic acids is 3. The summed E-state index contributed by atoms with van der Waals surface area (Å²) in [6.07, 6.45) is 1.30. The van der Waals surface area contributed by atoms with Gasteiger partial charge in [0.2, 0.25) is 11.8 Å². The zero-order chi connectivity index (χ0) is 23.1. The molecule has 2 aromatic rings. The third-order valence-corrected chi connectivity index (χ3v) is 3.93. The van der Waals surface area contributed by atoms with E-state index in [-0.39, 0.29) is 36.4 Å². The summed E-state index contributed by atoms with van der Waals surface area (Å²) in [5.41, 5.74) is 2.00. The van der Waals surface area contributed by atoms with Gasteiger partial charge >= 0.3 is 5.97 Å². The Balaban J connectivity index is 0.000000512. The van der Waals surface area contributed by atoms with Gasteiger partial charge in [-0.1, -0.05) is 60.7 Å². The van der Waals surface area contributed by atoms with E-state index in [1.807, 2.05) is 81.4 Å². The van der Waals surface area contributed by atoms with Gasteiger partial charge in [-0.05, 0) is 38.3 Å². The average molecular weight is 427 g/mol. The summed E-state index contributed by atoms with van der Waals surface area (Å²) in [5, 5.41) is 5.49. The number of carbonyl (C=O) groups is 3. The second-order valence-corrected chi connectivity index (χ2v) is 8.16. The lowest BCUT2D eigenvalue weighted by Crippen LogP contribution is -2.38. The van der Waals surface area contributed by atoms with E-state index in [1.165, 1.54) is 6.92 Å². The summed E-state index contributed by atoms with van der Waals surface area (Å²) < 4.78 is 5.15. The quantitative estimate of drug-likeness (QED) is 0.629. The lowest BCUT2D eigenvalue weighted by molar-refractivity contribution is -0.144. The van der Waals surface area contributed by atoms with Gasteiger partial charge in [-0.15, -0.1) is 0 Å². The Labute approximate surface area is 185 Å². The molecule has 6 nitrogen and oxygen atoms in total. The van der Waals surface area contributed by atoms with E-state index >= 15 is 0 Å². The van der Waals surface area contributed by atoms with Crippen LogP contribution in [0.2, 0.25) is 0 Å². The van der Waals surface area contributed by atoms with Crippen molar-refractivity contribution in [3.63, 3.8) is 0 Å². The molecule has 168 valence electrons. The van der Waals surface area contributed by atoms with Gasteiger partial charge in [-0.3, -0.25) is 14.4 Å². The molecular weight excluding hydrogens is 392 g/mol. The molecular formula is C25H34N2O4. The van der Waals surface area contributed by atoms with Crippen LogP contribution in [-0.2, 0) is 32.1 Å². The number of aryl methyl sites for hydroxylation is 1. The molecule has 0 atom stereocenters. The molecule has 31 heavy (non-hydrogen) atoms. The molecule has 0 spiro atoms. The van der Waals surface area contributed by atoms with Gasteiger partial charge in [0.15, 0.2) is 0 Å². The molecule has 0 heterocycles. The standard InChI is InChI=1S/C19H21NO3.C6H13NO/c21-18(12-11-16-7-3-1-4-8-16)20-14-13-19(22)23-15-17-9-5-2-6-10-17;1-5(8)7-6(2,3)4/h1-10H,11-15H2,(H,20,21);1-4H3,(H,7,8). The Kier molecular flexibility index (Phi) is 11.7. The third kappa shape index (κ3) is 14.5. The van der Waals surface area contributed by atoms with Crippen molar-refractivity contribution in [3.8, 4) is 0 Å². The highest BCUT2D eigenvalue weighted by molar-refractivity contribution is 5.77. The van der Waals surface area contributed by atoms with Crippen LogP contribution < -0.4 is 10.6 Å². The van der Waals surface area contributed by atoms with E-state index in [4.69, 9.17) is 4.74 Å². The van der Waals surface area contributed by atoms with Crippen molar-refractivity contribution in [2.45, 2.75) is 59.1 Å². The molecule has 0 aromatic heterocycles. The first-order chi connectivity index (χ1) is 14.7. The van der Waals surface area contributed by atoms with Crippen LogP contribution in [0.1, 0.15) is 51.7 Å². The van der Waals surface area contributed by atoms with Crippen molar-refractivity contribution < 1.29 is 19.1 Å². The molecule has 0 aliphatic carbocycles. The van der Waals surface area contributed by atoms with E-state index in [0.29, 0.717) is 19.4 Å². The fourth-order valence-electron chi connectivity index (χ4n) is 2.63. The molecule has 0 fully saturated rings. The maximum absolute atomic E-state index is 11.7. The van der Waals surface area contributed by atoms with E-state index < -0.39 is 0 Å². The Morgan fingerprint density at radius 2 is 1.39 bits per heavy atom. The fraction of sp³-hybridized carbons (Fsp3) is 0.400. The Morgan fingerprint density at radius 3 is 1.87 bits per heavy atom. The molecule has 0 saturated heterocycles. The topological polar surface area (TPSA) is 84.5 Å². The molecule has 0 bridgehead atoms. The summed E-state index contributed by atoms with van der Waals surface area (Å²) in [7, 11) is 0. The van der Waals surface area contributed by atoms with E-state index in [0.717, 1.165) is 11.1 Å². The molecule has 0 aliphatic heterocycles. The van der Waals surface area contributed by atoms with Crippen LogP contribution in [-0.4, -0.2) is 29.9 Å². The second-order valence-electron chi connectivity index (χ2n) is 8.16. The SMILES string of the molecule is CC(=O)NC(C)(C)C.O=C(CCc1ccccc1)NCCC(=O)OCc1ccccc1. The van der Waals surface area contributed by atoms with E-state index in [9.17, 15) is 14.4 Å². The first-order valence-electron chi connectivity index (χ1n) is 10.4. The summed E-state index contributed by atoms with van der Waals surface area (Å²) in [5.74, 6) is -0.334. The van der Waals surface area contributed by atoms with Crippen molar-refractivity contribution >= 4 is 17.8 Å². The minimum atomic E-state index is -0.308. The van der Waals surface area contributed by atoms with Gasteiger partial charge in [0.1, 0.15) is 6.61 Å². The molecule has 2 N–H and O–H groups in total. The predicted molar refractivity (Wildman–Crippen MR) is 122 cm³/mol. The second kappa shape index (κ2) is 14.0. The molecule has 0 saturated carbocycles. The first kappa shape index (κ1) is 25.9. The molecule has 2 aromatic carbocycles. The van der Waals surface area contributed by atoms with Crippen molar-refractivity contribution in [2.24, 2.45) is 0 Å². The first-order valence-corrected chi connectivity index (χ1v) is 10.4. The predicted octanol–water partition coefficient (Wildman–Crippen LogP) is 3.79. The van der Waals surface area contributed by atoms with Crippen LogP contribution in [0.3, 0.4) is 0 Å². The number of ether oxygens (including phenoxy) is 1. The molecule has 6 heteroatoms. The molecule has 0 radical (unpaired) electrons. The van der Waals surface area contributed by atoms with Gasteiger partial charge in [-0.25, -0.2) is 0 Å². The highest BCUT2D eigenvalue weighted by atomic mass is 16.5. The van der Waals surface area contributed by atoms with Crippen molar-refractivity contribution in [2.75, 3.05) is 6.54 Å². The third-order valence-electron chi connectivity index (χ3n) is 3.93. The van der Waals surface area contributed by atoms with Crippen molar-refractivity contribution in [3.05, 3.63) is 71.8 Å². The maximum Gasteiger partial charge on any atom is 0.307 e. The summed E-state index contributed by atoms with van der Waals surface area (Å²) >= 11 is 0. The smallest absolute Gasteiger partial charge is 0.307 e. The largest absolute Gasteiger partial charge is 0.461 e. The van der Waals surface area contributed by atoms with Gasteiger partial charge < -0.3 is 15.4 Å². The number of nitrogens with one attached hydrogen (secondary N) is 2. The molecule has 2 amide bonds. The molecule has 0 unspecified atom stereocenters. The normalized spacial score (nSPS) is 10.3. The number of rotatable bonds is 8. The van der Waals surface area contributed by atoms with Gasteiger partial charge in [-0.2, -0.15) is 0 Å². The summed E-state index contributed by atoms with van der Waals surface area (Å²) in [4.78, 5) is 33.7. The van der Waals surface area contributed by atoms with Crippen LogP contribution in [0.4, 0.5) is 0 Å². The number of hydrogen-bond acceptors (Lipinski definition) is 4. The average Bonchev–Trinajstić information content (AvgIpc) is 2.71. The minimum Gasteiger partial charge on any atom is -0.461 e. The zero-order valence-electron chi connectivity index (χ0n) is 18.9. The van der Waals surface area contributed by atoms with Crippen molar-refractivity contribution in [1.29, 1.82) is 0 Å². The zero-order valence-corrected chi connectivity index (χ0v) is 18.9. The van der Waals surface area contributed by atoms with Crippen LogP contribution in [0.25, 0.3) is 0 Å². The molecule has 0 aliphatic rings. The van der Waals surface area contributed by atoms with E-state index in [2.05, 4.69) is 10.6 Å². The van der Waals surface area contributed by atoms with Crippen LogP contribution in [0, 0.1) is 0 Å². The highest BCUT2D eigenvalue weighted by Crippen LogP contribution is 2.03. The summed E-state index contributed by atoms with van der Waals surface area (Å²) in [6.45, 7) is 7.95. The fourth-order valence-corrected chi connectivity index (χ4v) is 2.63. The number of benzene rings is 2. The summed E-state index contributed by atoms with van der Waals surface area (Å²) in [6, 6.07) is 19.4. The van der Waals surface area contributed by atoms with Crippen LogP contribution in [0.5, 0.6) is 0 Å². The van der Waals surface area contributed by atoms with Gasteiger partial charge in [0, 0.05) is 25.4 Å². The van der Waals surface area contributed by atoms with Crippen molar-refractivity contribution in [1.82, 2.24) is 10.6 Å². The number of esters is 1. The highest BCUT2D eigenvalue weighted by Gasteiger charge is 2.09. The van der Waals surface area contributed by atoms with Gasteiger partial charge in [0.25, 0.3) is 0 Å². The Hall–Kier alpha value is -3.15. The molecule has 2 rings (SSSR count). The lowest BCUT2D eigenvalue weighted by atomic mass is 10.1. The minimum absolute atomic E-state index is 0.0255. The Bertz CT molecular complexity index is 744. The van der Waals surface area contributed by atoms with Crippen LogP contribution in [0.15, 0.2) is 60.7 Å². The van der Waals surface area contributed by atoms with E-state index in [1.54, 1.807) is 0 Å². The van der Waals surface area contributed by atoms with Crippen LogP contribution >= 0.6 is 0 Å². The monoisotopic (exact) mass is 426 g/mol. The Morgan fingerprint density at radius 1 is 0.839 bits per heavy atom. The van der Waals surface area contributed by atoms with Gasteiger partial charge in [0.05, 0.1) is 6.42 Å². The number of amides is 2. The number of hydrogen-bond donors (Lipinski definition) is 2. The lowest BCUT2D eigenvalue weighted by Gasteiger charge is -2.18. The maximum atomic E-state index is 11.7.